The van der Waals surface area contributed by atoms with Crippen molar-refractivity contribution in [3.05, 3.63) is 163 Å². The zero-order valence-corrected chi connectivity index (χ0v) is 28.5. The topological polar surface area (TPSA) is 30.7 Å². The van der Waals surface area contributed by atoms with E-state index >= 15 is 0 Å². The maximum Gasteiger partial charge on any atom is 0.235 e. The summed E-state index contributed by atoms with van der Waals surface area (Å²) in [6, 6.07) is 54.3. The summed E-state index contributed by atoms with van der Waals surface area (Å²) in [6.45, 7) is 4.48. The first-order chi connectivity index (χ1) is 24.7. The standard InChI is InChI=1S/C46H31N3S/c1-28-15-6-7-20-33(28)40-29(2)34-21-8-9-22-35(34)41-36-23-10-12-25-38(36)49(44(40)41)46-47-42(45-43(48-46)37-24-11-13-26-39(37)50-45)32-19-14-18-31(27-32)30-16-4-3-5-17-30/h3-27H,1-2H3. The number of nitrogens with zero attached hydrogens (tertiary/aromatic N) is 3. The van der Waals surface area contributed by atoms with E-state index in [4.69, 9.17) is 9.97 Å². The number of aryl methyl sites for hydroxylation is 2. The summed E-state index contributed by atoms with van der Waals surface area (Å²) in [5.41, 5.74) is 12.5. The minimum Gasteiger partial charge on any atom is -0.277 e. The highest BCUT2D eigenvalue weighted by atomic mass is 32.1. The fraction of sp³-hybridized carbons (Fsp3) is 0.0435. The number of aromatic nitrogens is 3. The fourth-order valence-electron chi connectivity index (χ4n) is 7.83. The molecule has 4 heteroatoms. The highest BCUT2D eigenvalue weighted by molar-refractivity contribution is 7.26. The minimum absolute atomic E-state index is 0.678. The lowest BCUT2D eigenvalue weighted by atomic mass is 9.89. The molecule has 0 radical (unpaired) electrons. The van der Waals surface area contributed by atoms with Gasteiger partial charge >= 0.3 is 0 Å². The Morgan fingerprint density at radius 1 is 0.540 bits per heavy atom. The summed E-state index contributed by atoms with van der Waals surface area (Å²) in [4.78, 5) is 11.1. The second-order valence-corrected chi connectivity index (χ2v) is 14.1. The predicted molar refractivity (Wildman–Crippen MR) is 213 cm³/mol. The van der Waals surface area contributed by atoms with Gasteiger partial charge in [0.05, 0.1) is 26.9 Å². The van der Waals surface area contributed by atoms with Crippen LogP contribution >= 0.6 is 11.3 Å². The van der Waals surface area contributed by atoms with Crippen LogP contribution in [0.15, 0.2) is 152 Å². The molecule has 0 aliphatic heterocycles. The summed E-state index contributed by atoms with van der Waals surface area (Å²) in [5, 5.41) is 6.08. The first-order valence-electron chi connectivity index (χ1n) is 17.0. The van der Waals surface area contributed by atoms with Crippen LogP contribution in [0.3, 0.4) is 0 Å². The molecule has 0 unspecified atom stereocenters. The van der Waals surface area contributed by atoms with Crippen LogP contribution in [0.4, 0.5) is 0 Å². The van der Waals surface area contributed by atoms with Crippen molar-refractivity contribution < 1.29 is 0 Å². The van der Waals surface area contributed by atoms with E-state index in [0.29, 0.717) is 5.95 Å². The van der Waals surface area contributed by atoms with E-state index in [9.17, 15) is 0 Å². The molecule has 0 bridgehead atoms. The fourth-order valence-corrected chi connectivity index (χ4v) is 8.99. The van der Waals surface area contributed by atoms with Gasteiger partial charge < -0.3 is 0 Å². The van der Waals surface area contributed by atoms with Crippen LogP contribution in [-0.4, -0.2) is 14.5 Å². The summed E-state index contributed by atoms with van der Waals surface area (Å²) >= 11 is 1.77. The molecule has 3 heterocycles. The smallest absolute Gasteiger partial charge is 0.235 e. The third-order valence-electron chi connectivity index (χ3n) is 10.2. The number of fused-ring (bicyclic) bond motifs is 8. The maximum absolute atomic E-state index is 5.57. The molecular formula is C46H31N3S. The van der Waals surface area contributed by atoms with Gasteiger partial charge in [-0.05, 0) is 70.6 Å². The van der Waals surface area contributed by atoms with E-state index < -0.39 is 0 Å². The average molecular weight is 658 g/mol. The molecule has 50 heavy (non-hydrogen) atoms. The molecule has 0 aliphatic carbocycles. The van der Waals surface area contributed by atoms with Crippen molar-refractivity contribution in [1.29, 1.82) is 0 Å². The van der Waals surface area contributed by atoms with Crippen LogP contribution in [0.2, 0.25) is 0 Å². The number of benzene rings is 7. The van der Waals surface area contributed by atoms with Crippen molar-refractivity contribution in [3.63, 3.8) is 0 Å². The Morgan fingerprint density at radius 2 is 1.20 bits per heavy atom. The van der Waals surface area contributed by atoms with Gasteiger partial charge in [0.15, 0.2) is 0 Å². The van der Waals surface area contributed by atoms with Gasteiger partial charge in [-0.15, -0.1) is 11.3 Å². The monoisotopic (exact) mass is 657 g/mol. The quantitative estimate of drug-likeness (QED) is 0.189. The summed E-state index contributed by atoms with van der Waals surface area (Å²) in [6.07, 6.45) is 0. The Kier molecular flexibility index (Phi) is 6.48. The number of hydrogen-bond donors (Lipinski definition) is 0. The molecule has 0 fully saturated rings. The Hall–Kier alpha value is -6.10. The Labute approximate surface area is 293 Å². The number of rotatable bonds is 4. The normalized spacial score (nSPS) is 11.8. The summed E-state index contributed by atoms with van der Waals surface area (Å²) < 4.78 is 4.64. The molecule has 3 aromatic heterocycles. The molecule has 0 N–H and O–H groups in total. The van der Waals surface area contributed by atoms with E-state index in [1.54, 1.807) is 11.3 Å². The molecular weight excluding hydrogens is 627 g/mol. The predicted octanol–water partition coefficient (Wildman–Crippen LogP) is 12.7. The molecule has 0 saturated carbocycles. The van der Waals surface area contributed by atoms with Gasteiger partial charge in [0, 0.05) is 32.0 Å². The Balaban J connectivity index is 1.38. The minimum atomic E-state index is 0.678. The maximum atomic E-state index is 5.57. The van der Waals surface area contributed by atoms with E-state index in [2.05, 4.69) is 170 Å². The zero-order chi connectivity index (χ0) is 33.3. The van der Waals surface area contributed by atoms with E-state index in [1.807, 2.05) is 0 Å². The Bertz CT molecular complexity index is 2950. The van der Waals surface area contributed by atoms with Gasteiger partial charge in [0.25, 0.3) is 0 Å². The Morgan fingerprint density at radius 3 is 2.04 bits per heavy atom. The van der Waals surface area contributed by atoms with Crippen LogP contribution in [0.1, 0.15) is 11.1 Å². The third kappa shape index (κ3) is 4.28. The lowest BCUT2D eigenvalue weighted by Gasteiger charge is -2.18. The van der Waals surface area contributed by atoms with Crippen molar-refractivity contribution in [2.24, 2.45) is 0 Å². The highest BCUT2D eigenvalue weighted by Gasteiger charge is 2.25. The first-order valence-corrected chi connectivity index (χ1v) is 17.8. The van der Waals surface area contributed by atoms with Gasteiger partial charge in [-0.25, -0.2) is 9.97 Å². The van der Waals surface area contributed by atoms with Crippen molar-refractivity contribution in [2.45, 2.75) is 13.8 Å². The molecule has 0 atom stereocenters. The van der Waals surface area contributed by atoms with Gasteiger partial charge in [0.2, 0.25) is 5.95 Å². The zero-order valence-electron chi connectivity index (χ0n) is 27.7. The number of para-hydroxylation sites is 1. The molecule has 0 aliphatic rings. The SMILES string of the molecule is Cc1ccccc1-c1c(C)c2ccccc2c2c3ccccc3n(-c3nc(-c4cccc(-c5ccccc5)c4)c4sc5ccccc5c4n3)c12. The van der Waals surface area contributed by atoms with Crippen molar-refractivity contribution in [3.8, 4) is 39.5 Å². The first kappa shape index (κ1) is 28.9. The van der Waals surface area contributed by atoms with Crippen LogP contribution in [0.5, 0.6) is 0 Å². The third-order valence-corrected chi connectivity index (χ3v) is 11.3. The molecule has 10 aromatic rings. The lowest BCUT2D eigenvalue weighted by molar-refractivity contribution is 1.02. The molecule has 236 valence electrons. The van der Waals surface area contributed by atoms with Gasteiger partial charge in [-0.1, -0.05) is 133 Å². The van der Waals surface area contributed by atoms with Gasteiger partial charge in [-0.2, -0.15) is 0 Å². The molecule has 7 aromatic carbocycles. The second-order valence-electron chi connectivity index (χ2n) is 13.0. The van der Waals surface area contributed by atoms with Crippen molar-refractivity contribution in [2.75, 3.05) is 0 Å². The molecule has 0 spiro atoms. The number of hydrogen-bond acceptors (Lipinski definition) is 3. The van der Waals surface area contributed by atoms with Crippen molar-refractivity contribution >= 4 is 64.2 Å². The molecule has 0 amide bonds. The summed E-state index contributed by atoms with van der Waals surface area (Å²) in [5.74, 6) is 0.678. The summed E-state index contributed by atoms with van der Waals surface area (Å²) in [7, 11) is 0. The largest absolute Gasteiger partial charge is 0.277 e. The van der Waals surface area contributed by atoms with Crippen LogP contribution < -0.4 is 0 Å². The van der Waals surface area contributed by atoms with E-state index in [-0.39, 0.29) is 0 Å². The van der Waals surface area contributed by atoms with Crippen LogP contribution in [0, 0.1) is 13.8 Å². The lowest BCUT2D eigenvalue weighted by Crippen LogP contribution is -2.04. The van der Waals surface area contributed by atoms with E-state index in [1.165, 1.54) is 59.6 Å². The van der Waals surface area contributed by atoms with Crippen LogP contribution in [-0.2, 0) is 0 Å². The highest BCUT2D eigenvalue weighted by Crippen LogP contribution is 2.46. The van der Waals surface area contributed by atoms with Crippen molar-refractivity contribution in [1.82, 2.24) is 14.5 Å². The van der Waals surface area contributed by atoms with Crippen LogP contribution in [0.25, 0.3) is 92.3 Å². The second kappa shape index (κ2) is 11.2. The molecule has 10 rings (SSSR count). The number of thiophene rings is 1. The average Bonchev–Trinajstić information content (AvgIpc) is 3.72. The molecule has 0 saturated heterocycles. The molecule has 3 nitrogen and oxygen atoms in total. The van der Waals surface area contributed by atoms with E-state index in [0.717, 1.165) is 37.9 Å². The van der Waals surface area contributed by atoms with Gasteiger partial charge in [-0.3, -0.25) is 4.57 Å². The van der Waals surface area contributed by atoms with Gasteiger partial charge in [0.1, 0.15) is 0 Å².